The summed E-state index contributed by atoms with van der Waals surface area (Å²) in [5.41, 5.74) is 4.55. The number of benzene rings is 4. The number of rotatable bonds is 26. The summed E-state index contributed by atoms with van der Waals surface area (Å²) in [6, 6.07) is 40.5. The minimum atomic E-state index is -0.287. The second-order valence-corrected chi connectivity index (χ2v) is 14.3. The third-order valence-electron chi connectivity index (χ3n) is 9.98. The number of carbonyl (C=O) groups is 4. The number of nitrogens with one attached hydrogen (secondary N) is 4. The van der Waals surface area contributed by atoms with Gasteiger partial charge >= 0.3 is 0 Å². The average Bonchev–Trinajstić information content (AvgIpc) is 3.24. The van der Waals surface area contributed by atoms with Crippen LogP contribution in [0.15, 0.2) is 133 Å². The second kappa shape index (κ2) is 26.3. The second-order valence-electron chi connectivity index (χ2n) is 14.3. The van der Waals surface area contributed by atoms with Crippen molar-refractivity contribution in [1.29, 1.82) is 0 Å². The molecule has 0 fully saturated rings. The van der Waals surface area contributed by atoms with Gasteiger partial charge in [-0.05, 0) is 35.1 Å². The lowest BCUT2D eigenvalue weighted by Gasteiger charge is -2.19. The van der Waals surface area contributed by atoms with Crippen molar-refractivity contribution >= 4 is 23.6 Å². The van der Waals surface area contributed by atoms with Crippen LogP contribution in [0.4, 0.5) is 0 Å². The fraction of sp³-hybridized carbons (Fsp3) is 0.375. The summed E-state index contributed by atoms with van der Waals surface area (Å²) >= 11 is 0. The maximum atomic E-state index is 12.5. The molecule has 0 heterocycles. The SMILES string of the molecule is O=C(/C=C\C(=O)NCC(c1ccccc1)c1ccccc1)NCCCCCCCCCCCCNC(=O)CCC(=O)NCC(c1ccccc1)c1ccccc1. The monoisotopic (exact) mass is 756 g/mol. The van der Waals surface area contributed by atoms with Gasteiger partial charge in [-0.3, -0.25) is 19.2 Å². The van der Waals surface area contributed by atoms with Gasteiger partial charge in [0.2, 0.25) is 23.6 Å². The maximum Gasteiger partial charge on any atom is 0.244 e. The minimum absolute atomic E-state index is 0.0280. The molecular formula is C48H60N4O4. The van der Waals surface area contributed by atoms with Crippen LogP contribution >= 0.6 is 0 Å². The van der Waals surface area contributed by atoms with E-state index in [1.54, 1.807) is 0 Å². The van der Waals surface area contributed by atoms with Crippen LogP contribution in [0, 0.1) is 0 Å². The van der Waals surface area contributed by atoms with Crippen LogP contribution in [0.1, 0.15) is 111 Å². The molecule has 4 N–H and O–H groups in total. The molecule has 4 aromatic carbocycles. The Balaban J connectivity index is 0.933. The summed E-state index contributed by atoms with van der Waals surface area (Å²) in [5.74, 6) is -0.635. The van der Waals surface area contributed by atoms with E-state index in [2.05, 4.69) is 69.8 Å². The Morgan fingerprint density at radius 1 is 0.375 bits per heavy atom. The first-order valence-corrected chi connectivity index (χ1v) is 20.5. The number of carbonyl (C=O) groups excluding carboxylic acids is 4. The van der Waals surface area contributed by atoms with Crippen molar-refractivity contribution in [2.75, 3.05) is 26.2 Å². The average molecular weight is 757 g/mol. The molecule has 0 aromatic heterocycles. The fourth-order valence-electron chi connectivity index (χ4n) is 6.79. The Morgan fingerprint density at radius 2 is 0.679 bits per heavy atom. The Kier molecular flexibility index (Phi) is 20.3. The summed E-state index contributed by atoms with van der Waals surface area (Å²) in [5, 5.41) is 11.8. The third-order valence-corrected chi connectivity index (χ3v) is 9.98. The predicted octanol–water partition coefficient (Wildman–Crippen LogP) is 8.35. The zero-order chi connectivity index (χ0) is 39.5. The molecule has 0 saturated carbocycles. The van der Waals surface area contributed by atoms with Crippen molar-refractivity contribution in [3.05, 3.63) is 156 Å². The lowest BCUT2D eigenvalue weighted by Crippen LogP contribution is -2.31. The molecule has 0 atom stereocenters. The summed E-state index contributed by atoms with van der Waals surface area (Å²) in [4.78, 5) is 49.5. The van der Waals surface area contributed by atoms with E-state index in [1.807, 2.05) is 72.8 Å². The van der Waals surface area contributed by atoms with Crippen molar-refractivity contribution in [2.45, 2.75) is 88.9 Å². The van der Waals surface area contributed by atoms with Crippen LogP contribution in [0.5, 0.6) is 0 Å². The summed E-state index contributed by atoms with van der Waals surface area (Å²) < 4.78 is 0. The summed E-state index contributed by atoms with van der Waals surface area (Å²) in [6.07, 6.45) is 14.1. The first-order chi connectivity index (χ1) is 27.5. The van der Waals surface area contributed by atoms with Crippen LogP contribution in [0.25, 0.3) is 0 Å². The van der Waals surface area contributed by atoms with Gasteiger partial charge < -0.3 is 21.3 Å². The minimum Gasteiger partial charge on any atom is -0.356 e. The van der Waals surface area contributed by atoms with E-state index in [-0.39, 0.29) is 48.3 Å². The third kappa shape index (κ3) is 17.3. The molecule has 0 radical (unpaired) electrons. The van der Waals surface area contributed by atoms with Gasteiger partial charge in [0.25, 0.3) is 0 Å². The van der Waals surface area contributed by atoms with E-state index in [1.165, 1.54) is 37.8 Å². The van der Waals surface area contributed by atoms with Crippen molar-refractivity contribution in [3.63, 3.8) is 0 Å². The summed E-state index contributed by atoms with van der Waals surface area (Å²) in [7, 11) is 0. The Morgan fingerprint density at radius 3 is 1.07 bits per heavy atom. The molecule has 4 amide bonds. The number of hydrogen-bond donors (Lipinski definition) is 4. The Hall–Kier alpha value is -5.50. The standard InChI is InChI=1S/C48H60N4O4/c53-45(31-33-47(55)51-37-43(39-23-13-9-14-24-39)40-25-15-10-16-26-40)49-35-21-7-5-3-1-2-4-6-8-22-36-50-46(54)32-34-48(56)52-38-44(41-27-17-11-18-28-41)42-29-19-12-20-30-42/h9-20,23-31,33,43-44H,1-8,21-22,32,34-38H2,(H,49,53)(H,50,54)(H,51,55)(H,52,56)/b33-31-. The molecule has 0 unspecified atom stereocenters. The van der Waals surface area contributed by atoms with E-state index in [0.717, 1.165) is 60.8 Å². The highest BCUT2D eigenvalue weighted by Gasteiger charge is 2.16. The van der Waals surface area contributed by atoms with Crippen molar-refractivity contribution in [3.8, 4) is 0 Å². The molecule has 0 saturated heterocycles. The van der Waals surface area contributed by atoms with Gasteiger partial charge in [0.15, 0.2) is 0 Å². The Labute approximate surface area is 334 Å². The first kappa shape index (κ1) is 43.2. The summed E-state index contributed by atoms with van der Waals surface area (Å²) in [6.45, 7) is 2.18. The van der Waals surface area contributed by atoms with E-state index >= 15 is 0 Å². The predicted molar refractivity (Wildman–Crippen MR) is 226 cm³/mol. The van der Waals surface area contributed by atoms with Crippen molar-refractivity contribution in [2.24, 2.45) is 0 Å². The number of hydrogen-bond acceptors (Lipinski definition) is 4. The lowest BCUT2D eigenvalue weighted by molar-refractivity contribution is -0.126. The van der Waals surface area contributed by atoms with Gasteiger partial charge in [-0.2, -0.15) is 0 Å². The molecule has 0 aliphatic heterocycles. The molecular weight excluding hydrogens is 697 g/mol. The number of unbranched alkanes of at least 4 members (excludes halogenated alkanes) is 9. The van der Waals surface area contributed by atoms with Gasteiger partial charge in [-0.15, -0.1) is 0 Å². The van der Waals surface area contributed by atoms with E-state index < -0.39 is 0 Å². The van der Waals surface area contributed by atoms with Gasteiger partial charge in [0.05, 0.1) is 0 Å². The quantitative estimate of drug-likeness (QED) is 0.0381. The molecule has 4 aromatic rings. The fourth-order valence-corrected chi connectivity index (χ4v) is 6.79. The van der Waals surface area contributed by atoms with Gasteiger partial charge in [-0.25, -0.2) is 0 Å². The molecule has 0 bridgehead atoms. The van der Waals surface area contributed by atoms with Crippen molar-refractivity contribution in [1.82, 2.24) is 21.3 Å². The highest BCUT2D eigenvalue weighted by Crippen LogP contribution is 2.25. The maximum absolute atomic E-state index is 12.5. The molecule has 56 heavy (non-hydrogen) atoms. The Bertz CT molecular complexity index is 1650. The highest BCUT2D eigenvalue weighted by atomic mass is 16.2. The molecule has 8 nitrogen and oxygen atoms in total. The first-order valence-electron chi connectivity index (χ1n) is 20.5. The van der Waals surface area contributed by atoms with Gasteiger partial charge in [0, 0.05) is 63.0 Å². The largest absolute Gasteiger partial charge is 0.356 e. The molecule has 4 rings (SSSR count). The zero-order valence-electron chi connectivity index (χ0n) is 32.8. The van der Waals surface area contributed by atoms with Crippen LogP contribution in [-0.4, -0.2) is 49.8 Å². The van der Waals surface area contributed by atoms with Crippen LogP contribution < -0.4 is 21.3 Å². The number of amides is 4. The van der Waals surface area contributed by atoms with Crippen LogP contribution in [0.3, 0.4) is 0 Å². The van der Waals surface area contributed by atoms with Crippen molar-refractivity contribution < 1.29 is 19.2 Å². The van der Waals surface area contributed by atoms with Gasteiger partial charge in [-0.1, -0.05) is 173 Å². The van der Waals surface area contributed by atoms with E-state index in [9.17, 15) is 19.2 Å². The van der Waals surface area contributed by atoms with Crippen LogP contribution in [-0.2, 0) is 19.2 Å². The molecule has 0 aliphatic carbocycles. The van der Waals surface area contributed by atoms with E-state index in [0.29, 0.717) is 26.2 Å². The highest BCUT2D eigenvalue weighted by molar-refractivity contribution is 5.96. The van der Waals surface area contributed by atoms with Gasteiger partial charge in [0.1, 0.15) is 0 Å². The zero-order valence-corrected chi connectivity index (χ0v) is 32.8. The lowest BCUT2D eigenvalue weighted by atomic mass is 9.91. The molecule has 8 heteroatoms. The van der Waals surface area contributed by atoms with E-state index in [4.69, 9.17) is 0 Å². The van der Waals surface area contributed by atoms with Crippen LogP contribution in [0.2, 0.25) is 0 Å². The topological polar surface area (TPSA) is 116 Å². The molecule has 0 aliphatic rings. The smallest absolute Gasteiger partial charge is 0.244 e. The molecule has 0 spiro atoms. The molecule has 296 valence electrons. The normalized spacial score (nSPS) is 11.1.